The van der Waals surface area contributed by atoms with Gasteiger partial charge in [-0.1, -0.05) is 26.8 Å². The number of carbonyl (C=O) groups excluding carboxylic acids is 2. The molecular weight excluding hydrogens is 558 g/mol. The number of aliphatic hydroxyl groups excluding tert-OH is 1. The van der Waals surface area contributed by atoms with Crippen molar-refractivity contribution in [3.8, 4) is 11.5 Å². The van der Waals surface area contributed by atoms with Crippen molar-refractivity contribution >= 4 is 18.0 Å². The number of rotatable bonds is 20. The van der Waals surface area contributed by atoms with E-state index in [-0.39, 0.29) is 30.6 Å². The Morgan fingerprint density at radius 1 is 0.930 bits per heavy atom. The van der Waals surface area contributed by atoms with Crippen LogP contribution in [0.25, 0.3) is 0 Å². The number of methoxy groups -OCH3 is 2. The molecule has 1 aromatic rings. The minimum Gasteiger partial charge on any atom is -0.490 e. The Morgan fingerprint density at radius 2 is 1.58 bits per heavy atom. The van der Waals surface area contributed by atoms with E-state index in [4.69, 9.17) is 18.9 Å². The zero-order valence-electron chi connectivity index (χ0n) is 27.1. The summed E-state index contributed by atoms with van der Waals surface area (Å²) in [6, 6.07) is 5.01. The molecule has 1 aromatic carbocycles. The number of carboxylic acid groups (broad SMARTS) is 1. The van der Waals surface area contributed by atoms with Crippen LogP contribution in [0.4, 0.5) is 4.79 Å². The van der Waals surface area contributed by atoms with E-state index in [1.54, 1.807) is 27.9 Å². The van der Waals surface area contributed by atoms with Gasteiger partial charge < -0.3 is 39.2 Å². The van der Waals surface area contributed by atoms with Crippen LogP contribution in [0.3, 0.4) is 0 Å². The second-order valence-electron chi connectivity index (χ2n) is 12.2. The summed E-state index contributed by atoms with van der Waals surface area (Å²) in [6.45, 7) is 12.2. The van der Waals surface area contributed by atoms with E-state index in [2.05, 4.69) is 23.9 Å². The average Bonchev–Trinajstić information content (AvgIpc) is 2.91. The molecule has 0 saturated heterocycles. The first-order chi connectivity index (χ1) is 20.2. The lowest BCUT2D eigenvalue weighted by Gasteiger charge is -2.32. The van der Waals surface area contributed by atoms with E-state index >= 15 is 0 Å². The van der Waals surface area contributed by atoms with Gasteiger partial charge in [0.15, 0.2) is 11.5 Å². The van der Waals surface area contributed by atoms with Gasteiger partial charge in [0.2, 0.25) is 0 Å². The third kappa shape index (κ3) is 15.8. The fraction of sp³-hybridized carbons (Fsp3) is 0.719. The molecule has 0 aliphatic carbocycles. The van der Waals surface area contributed by atoms with E-state index in [0.717, 1.165) is 5.56 Å². The average molecular weight is 612 g/mol. The van der Waals surface area contributed by atoms with Crippen LogP contribution in [0.5, 0.6) is 11.5 Å². The molecule has 1 amide bonds. The van der Waals surface area contributed by atoms with Crippen molar-refractivity contribution in [3.63, 3.8) is 0 Å². The standard InChI is InChI=1S/C32H53NO10/c1-21(2)24(20-25(26(34)17-22(3)30(36)37)33-31(38)43-32(4,5)6)18-23-12-13-27(41-15-9-11-29(35)40-8)28(19-23)42-16-10-14-39-7/h12-13,19,21-22,24-26,34H,9-11,14-18,20H2,1-8H3,(H,33,38)(H,36,37). The SMILES string of the molecule is COCCCOc1cc(CC(CC(NC(=O)OC(C)(C)C)C(O)CC(C)C(=O)O)C(C)C)ccc1OCCCC(=O)OC. The Labute approximate surface area is 256 Å². The number of amides is 1. The number of benzene rings is 1. The van der Waals surface area contributed by atoms with Gasteiger partial charge in [-0.05, 0) is 76.0 Å². The normalized spacial score (nSPS) is 14.4. The monoisotopic (exact) mass is 611 g/mol. The summed E-state index contributed by atoms with van der Waals surface area (Å²) in [5.74, 6) is -0.760. The first kappa shape index (κ1) is 38.0. The molecule has 0 aliphatic heterocycles. The number of aliphatic carboxylic acids is 1. The lowest BCUT2D eigenvalue weighted by Crippen LogP contribution is -2.47. The highest BCUT2D eigenvalue weighted by Gasteiger charge is 2.31. The summed E-state index contributed by atoms with van der Waals surface area (Å²) in [5.41, 5.74) is 0.250. The third-order valence-electron chi connectivity index (χ3n) is 6.95. The minimum atomic E-state index is -1.08. The van der Waals surface area contributed by atoms with Gasteiger partial charge in [0.05, 0.1) is 38.4 Å². The van der Waals surface area contributed by atoms with Crippen molar-refractivity contribution in [2.75, 3.05) is 34.0 Å². The minimum absolute atomic E-state index is 0.0118. The van der Waals surface area contributed by atoms with Crippen LogP contribution >= 0.6 is 0 Å². The summed E-state index contributed by atoms with van der Waals surface area (Å²) >= 11 is 0. The number of hydrogen-bond donors (Lipinski definition) is 3. The third-order valence-corrected chi connectivity index (χ3v) is 6.95. The largest absolute Gasteiger partial charge is 0.490 e. The van der Waals surface area contributed by atoms with Gasteiger partial charge in [-0.15, -0.1) is 0 Å². The summed E-state index contributed by atoms with van der Waals surface area (Å²) < 4.78 is 27.2. The summed E-state index contributed by atoms with van der Waals surface area (Å²) in [7, 11) is 2.98. The molecule has 4 unspecified atom stereocenters. The van der Waals surface area contributed by atoms with E-state index in [1.807, 2.05) is 18.2 Å². The lowest BCUT2D eigenvalue weighted by atomic mass is 9.82. The first-order valence-corrected chi connectivity index (χ1v) is 15.0. The Kier molecular flexibility index (Phi) is 17.0. The van der Waals surface area contributed by atoms with Crippen LogP contribution in [-0.4, -0.2) is 80.0 Å². The molecule has 3 N–H and O–H groups in total. The summed E-state index contributed by atoms with van der Waals surface area (Å²) in [4.78, 5) is 35.6. The maximum absolute atomic E-state index is 12.7. The second kappa shape index (κ2) is 19.3. The lowest BCUT2D eigenvalue weighted by molar-refractivity contribution is -0.142. The Hall–Kier alpha value is -3.05. The molecule has 11 heteroatoms. The number of alkyl carbamates (subject to hydrolysis) is 1. The van der Waals surface area contributed by atoms with Crippen LogP contribution < -0.4 is 14.8 Å². The molecule has 0 saturated carbocycles. The maximum Gasteiger partial charge on any atom is 0.407 e. The molecule has 0 aliphatic rings. The highest BCUT2D eigenvalue weighted by Crippen LogP contribution is 2.32. The molecule has 246 valence electrons. The van der Waals surface area contributed by atoms with E-state index in [0.29, 0.717) is 57.0 Å². The van der Waals surface area contributed by atoms with Crippen molar-refractivity contribution in [1.29, 1.82) is 0 Å². The highest BCUT2D eigenvalue weighted by atomic mass is 16.6. The van der Waals surface area contributed by atoms with E-state index in [1.165, 1.54) is 14.0 Å². The van der Waals surface area contributed by atoms with Crippen LogP contribution in [0.2, 0.25) is 0 Å². The smallest absolute Gasteiger partial charge is 0.407 e. The number of ether oxygens (including phenoxy) is 5. The molecule has 43 heavy (non-hydrogen) atoms. The van der Waals surface area contributed by atoms with Crippen molar-refractivity contribution in [1.82, 2.24) is 5.32 Å². The maximum atomic E-state index is 12.7. The van der Waals surface area contributed by atoms with Gasteiger partial charge in [0, 0.05) is 26.6 Å². The zero-order chi connectivity index (χ0) is 32.6. The van der Waals surface area contributed by atoms with Crippen LogP contribution in [0.15, 0.2) is 18.2 Å². The molecule has 0 aromatic heterocycles. The molecule has 0 spiro atoms. The topological polar surface area (TPSA) is 150 Å². The molecular formula is C32H53NO10. The van der Waals surface area contributed by atoms with Crippen molar-refractivity contribution in [3.05, 3.63) is 23.8 Å². The summed E-state index contributed by atoms with van der Waals surface area (Å²) in [5, 5.41) is 23.2. The molecule has 4 atom stereocenters. The molecule has 0 fully saturated rings. The summed E-state index contributed by atoms with van der Waals surface area (Å²) in [6.07, 6.45) is 0.710. The molecule has 11 nitrogen and oxygen atoms in total. The van der Waals surface area contributed by atoms with Crippen molar-refractivity contribution < 1.29 is 48.3 Å². The quantitative estimate of drug-likeness (QED) is 0.136. The highest BCUT2D eigenvalue weighted by molar-refractivity contribution is 5.70. The molecule has 1 rings (SSSR count). The fourth-order valence-corrected chi connectivity index (χ4v) is 4.42. The van der Waals surface area contributed by atoms with Crippen molar-refractivity contribution in [2.24, 2.45) is 17.8 Å². The zero-order valence-corrected chi connectivity index (χ0v) is 27.1. The molecule has 0 radical (unpaired) electrons. The number of nitrogens with one attached hydrogen (secondary N) is 1. The molecule has 0 bridgehead atoms. The molecule has 0 heterocycles. The van der Waals surface area contributed by atoms with Gasteiger partial charge in [-0.25, -0.2) is 4.79 Å². The van der Waals surface area contributed by atoms with Crippen LogP contribution in [0.1, 0.15) is 79.2 Å². The number of aliphatic hydroxyl groups is 1. The van der Waals surface area contributed by atoms with Gasteiger partial charge in [0.1, 0.15) is 5.60 Å². The van der Waals surface area contributed by atoms with Crippen molar-refractivity contribution in [2.45, 2.75) is 97.8 Å². The van der Waals surface area contributed by atoms with E-state index < -0.39 is 35.7 Å². The number of esters is 1. The van der Waals surface area contributed by atoms with Gasteiger partial charge >= 0.3 is 18.0 Å². The van der Waals surface area contributed by atoms with Gasteiger partial charge in [0.25, 0.3) is 0 Å². The predicted octanol–water partition coefficient (Wildman–Crippen LogP) is 5.00. The second-order valence-corrected chi connectivity index (χ2v) is 12.2. The van der Waals surface area contributed by atoms with E-state index in [9.17, 15) is 24.6 Å². The number of hydrogen-bond acceptors (Lipinski definition) is 9. The van der Waals surface area contributed by atoms with Gasteiger partial charge in [-0.2, -0.15) is 0 Å². The van der Waals surface area contributed by atoms with Crippen LogP contribution in [-0.2, 0) is 30.2 Å². The number of carboxylic acids is 1. The first-order valence-electron chi connectivity index (χ1n) is 15.0. The Morgan fingerprint density at radius 3 is 2.16 bits per heavy atom. The fourth-order valence-electron chi connectivity index (χ4n) is 4.42. The van der Waals surface area contributed by atoms with Crippen LogP contribution in [0, 0.1) is 17.8 Å². The Bertz CT molecular complexity index is 991. The Balaban J connectivity index is 3.16. The number of carbonyl (C=O) groups is 3. The van der Waals surface area contributed by atoms with Gasteiger partial charge in [-0.3, -0.25) is 9.59 Å². The predicted molar refractivity (Wildman–Crippen MR) is 162 cm³/mol.